The van der Waals surface area contributed by atoms with Gasteiger partial charge in [-0.05, 0) is 12.1 Å². The molecule has 11 nitrogen and oxygen atoms in total. The van der Waals surface area contributed by atoms with Crippen LogP contribution >= 0.6 is 0 Å². The third-order valence-corrected chi connectivity index (χ3v) is 4.50. The number of anilines is 2. The maximum Gasteiger partial charge on any atom is 0.358 e. The zero-order chi connectivity index (χ0) is 19.0. The van der Waals surface area contributed by atoms with Gasteiger partial charge in [-0.2, -0.15) is 4.98 Å². The molecular weight excluding hydrogens is 354 g/mol. The third kappa shape index (κ3) is 3.17. The molecule has 0 aromatic carbocycles. The van der Waals surface area contributed by atoms with E-state index in [1.54, 1.807) is 6.07 Å². The van der Waals surface area contributed by atoms with Crippen molar-refractivity contribution < 1.29 is 14.6 Å². The van der Waals surface area contributed by atoms with Crippen molar-refractivity contribution in [3.8, 4) is 11.8 Å². The van der Waals surface area contributed by atoms with Gasteiger partial charge < -0.3 is 25.8 Å². The van der Waals surface area contributed by atoms with Crippen LogP contribution in [0.5, 0.6) is 11.8 Å². The summed E-state index contributed by atoms with van der Waals surface area (Å²) in [4.78, 5) is 34.3. The van der Waals surface area contributed by atoms with Gasteiger partial charge in [-0.25, -0.2) is 9.78 Å². The number of nitrogens with one attached hydrogen (secondary N) is 3. The standard InChI is InChI=1S/C16H19N7O4/c1-22-13(24)11-12(20-15(19-11)23-7-5-17-6-8-23)21-16(22)27-9-3-2-4-18-10(9)14(25)26/h2-4,15,17,19-20H,5-8H2,1H3,(H,25,26). The van der Waals surface area contributed by atoms with Crippen molar-refractivity contribution in [1.29, 1.82) is 0 Å². The van der Waals surface area contributed by atoms with Gasteiger partial charge in [-0.3, -0.25) is 14.3 Å². The molecule has 0 saturated carbocycles. The third-order valence-electron chi connectivity index (χ3n) is 4.50. The first-order chi connectivity index (χ1) is 13.0. The van der Waals surface area contributed by atoms with Crippen LogP contribution in [0, 0.1) is 0 Å². The molecule has 0 amide bonds. The van der Waals surface area contributed by atoms with Crippen molar-refractivity contribution in [2.75, 3.05) is 36.8 Å². The lowest BCUT2D eigenvalue weighted by molar-refractivity contribution is 0.0687. The number of pyridine rings is 1. The first kappa shape index (κ1) is 17.2. The molecule has 1 unspecified atom stereocenters. The molecule has 11 heteroatoms. The summed E-state index contributed by atoms with van der Waals surface area (Å²) in [6.07, 6.45) is 1.13. The molecule has 2 aliphatic rings. The van der Waals surface area contributed by atoms with E-state index in [4.69, 9.17) is 4.74 Å². The number of hydrogen-bond acceptors (Lipinski definition) is 9. The SMILES string of the molecule is Cn1c(Oc2cccnc2C(=O)O)nc2c(c1=O)NC(N1CCNCC1)N2. The predicted molar refractivity (Wildman–Crippen MR) is 96.2 cm³/mol. The second-order valence-corrected chi connectivity index (χ2v) is 6.22. The molecule has 2 aromatic rings. The quantitative estimate of drug-likeness (QED) is 0.565. The molecule has 0 bridgehead atoms. The van der Waals surface area contributed by atoms with Crippen LogP contribution in [0.2, 0.25) is 0 Å². The highest BCUT2D eigenvalue weighted by Crippen LogP contribution is 2.29. The Bertz CT molecular complexity index is 939. The van der Waals surface area contributed by atoms with Crippen molar-refractivity contribution in [3.63, 3.8) is 0 Å². The highest BCUT2D eigenvalue weighted by molar-refractivity contribution is 5.88. The average molecular weight is 373 g/mol. The van der Waals surface area contributed by atoms with Gasteiger partial charge in [0.05, 0.1) is 0 Å². The summed E-state index contributed by atoms with van der Waals surface area (Å²) in [7, 11) is 1.52. The van der Waals surface area contributed by atoms with Crippen LogP contribution in [0.4, 0.5) is 11.5 Å². The number of fused-ring (bicyclic) bond motifs is 1. The number of ether oxygens (including phenoxy) is 1. The van der Waals surface area contributed by atoms with E-state index in [9.17, 15) is 14.7 Å². The van der Waals surface area contributed by atoms with Crippen LogP contribution in [0.3, 0.4) is 0 Å². The van der Waals surface area contributed by atoms with E-state index in [1.807, 2.05) is 0 Å². The van der Waals surface area contributed by atoms with Crippen LogP contribution in [0.25, 0.3) is 0 Å². The molecule has 0 aliphatic carbocycles. The average Bonchev–Trinajstić information content (AvgIpc) is 3.11. The second-order valence-electron chi connectivity index (χ2n) is 6.22. The Balaban J connectivity index is 1.63. The number of hydrogen-bond donors (Lipinski definition) is 4. The number of aromatic nitrogens is 3. The fourth-order valence-electron chi connectivity index (χ4n) is 3.07. The first-order valence-electron chi connectivity index (χ1n) is 8.49. The zero-order valence-electron chi connectivity index (χ0n) is 14.6. The molecule has 0 radical (unpaired) electrons. The largest absolute Gasteiger partial charge is 0.476 e. The first-order valence-corrected chi connectivity index (χ1v) is 8.49. The summed E-state index contributed by atoms with van der Waals surface area (Å²) in [6.45, 7) is 3.41. The van der Waals surface area contributed by atoms with E-state index in [0.717, 1.165) is 26.2 Å². The monoisotopic (exact) mass is 373 g/mol. The number of aromatic carboxylic acids is 1. The van der Waals surface area contributed by atoms with Gasteiger partial charge >= 0.3 is 12.0 Å². The Morgan fingerprint density at radius 1 is 1.33 bits per heavy atom. The van der Waals surface area contributed by atoms with Crippen LogP contribution in [-0.2, 0) is 7.05 Å². The highest BCUT2D eigenvalue weighted by Gasteiger charge is 2.31. The predicted octanol–water partition coefficient (Wildman–Crippen LogP) is -0.308. The maximum atomic E-state index is 12.7. The molecule has 1 saturated heterocycles. The number of carboxylic acid groups (broad SMARTS) is 1. The van der Waals surface area contributed by atoms with E-state index in [0.29, 0.717) is 11.5 Å². The van der Waals surface area contributed by atoms with Crippen LogP contribution in [0.15, 0.2) is 23.1 Å². The number of rotatable bonds is 4. The van der Waals surface area contributed by atoms with E-state index >= 15 is 0 Å². The normalized spacial score (nSPS) is 19.1. The molecule has 1 fully saturated rings. The molecule has 4 N–H and O–H groups in total. The Labute approximate surface area is 154 Å². The number of carbonyl (C=O) groups is 1. The summed E-state index contributed by atoms with van der Waals surface area (Å²) in [5.74, 6) is -0.843. The van der Waals surface area contributed by atoms with Crippen molar-refractivity contribution in [3.05, 3.63) is 34.4 Å². The van der Waals surface area contributed by atoms with Gasteiger partial charge in [-0.1, -0.05) is 0 Å². The minimum absolute atomic E-state index is 0.0112. The summed E-state index contributed by atoms with van der Waals surface area (Å²) in [5.41, 5.74) is -0.212. The minimum Gasteiger partial charge on any atom is -0.476 e. The van der Waals surface area contributed by atoms with E-state index < -0.39 is 5.97 Å². The summed E-state index contributed by atoms with van der Waals surface area (Å²) >= 11 is 0. The molecular formula is C16H19N7O4. The van der Waals surface area contributed by atoms with Gasteiger partial charge in [0.1, 0.15) is 5.69 Å². The molecule has 1 atom stereocenters. The van der Waals surface area contributed by atoms with Crippen molar-refractivity contribution in [1.82, 2.24) is 24.8 Å². The maximum absolute atomic E-state index is 12.7. The van der Waals surface area contributed by atoms with Crippen LogP contribution in [0.1, 0.15) is 10.5 Å². The smallest absolute Gasteiger partial charge is 0.358 e. The molecule has 0 spiro atoms. The van der Waals surface area contributed by atoms with Gasteiger partial charge in [0.15, 0.2) is 23.6 Å². The van der Waals surface area contributed by atoms with Gasteiger partial charge in [0, 0.05) is 39.4 Å². The fraction of sp³-hybridized carbons (Fsp3) is 0.375. The minimum atomic E-state index is -1.23. The van der Waals surface area contributed by atoms with Gasteiger partial charge in [0.2, 0.25) is 0 Å². The van der Waals surface area contributed by atoms with E-state index in [2.05, 4.69) is 30.8 Å². The van der Waals surface area contributed by atoms with E-state index in [-0.39, 0.29) is 29.3 Å². The number of piperazine rings is 1. The van der Waals surface area contributed by atoms with Gasteiger partial charge in [-0.15, -0.1) is 0 Å². The molecule has 142 valence electrons. The number of carboxylic acids is 1. The fourth-order valence-corrected chi connectivity index (χ4v) is 3.07. The highest BCUT2D eigenvalue weighted by atomic mass is 16.5. The lowest BCUT2D eigenvalue weighted by Gasteiger charge is -2.32. The van der Waals surface area contributed by atoms with Crippen LogP contribution in [-0.4, -0.2) is 63.0 Å². The second kappa shape index (κ2) is 6.85. The molecule has 27 heavy (non-hydrogen) atoms. The Kier molecular flexibility index (Phi) is 4.38. The lowest BCUT2D eigenvalue weighted by Crippen LogP contribution is -2.52. The Hall–Kier alpha value is -3.18. The number of nitrogens with zero attached hydrogens (tertiary/aromatic N) is 4. The topological polar surface area (TPSA) is 134 Å². The summed E-state index contributed by atoms with van der Waals surface area (Å²) in [6, 6.07) is 2.99. The van der Waals surface area contributed by atoms with Crippen molar-refractivity contribution >= 4 is 17.5 Å². The summed E-state index contributed by atoms with van der Waals surface area (Å²) in [5, 5.41) is 18.9. The molecule has 2 aromatic heterocycles. The lowest BCUT2D eigenvalue weighted by atomic mass is 10.3. The van der Waals surface area contributed by atoms with E-state index in [1.165, 1.54) is 23.9 Å². The molecule has 4 rings (SSSR count). The Morgan fingerprint density at radius 2 is 2.11 bits per heavy atom. The van der Waals surface area contributed by atoms with Crippen molar-refractivity contribution in [2.24, 2.45) is 7.05 Å². The molecule has 4 heterocycles. The zero-order valence-corrected chi connectivity index (χ0v) is 14.6. The molecule has 2 aliphatic heterocycles. The van der Waals surface area contributed by atoms with Gasteiger partial charge in [0.25, 0.3) is 5.56 Å². The van der Waals surface area contributed by atoms with Crippen molar-refractivity contribution in [2.45, 2.75) is 6.29 Å². The Morgan fingerprint density at radius 3 is 2.85 bits per heavy atom. The summed E-state index contributed by atoms with van der Waals surface area (Å²) < 4.78 is 6.83. The van der Waals surface area contributed by atoms with Crippen LogP contribution < -0.4 is 26.2 Å².